The maximum Gasteiger partial charge on any atom is 0.223 e. The highest BCUT2D eigenvalue weighted by Crippen LogP contribution is 2.34. The van der Waals surface area contributed by atoms with E-state index in [1.54, 1.807) is 0 Å². The normalized spacial score (nSPS) is 28.3. The molecule has 3 aliphatic rings. The van der Waals surface area contributed by atoms with Gasteiger partial charge in [-0.1, -0.05) is 0 Å². The first kappa shape index (κ1) is 18.0. The van der Waals surface area contributed by atoms with Gasteiger partial charge in [0.15, 0.2) is 9.84 Å². The number of nitrogens with one attached hydrogen (secondary N) is 1. The minimum absolute atomic E-state index is 0.0207. The minimum Gasteiger partial charge on any atom is -0.336 e. The third kappa shape index (κ3) is 3.53. The van der Waals surface area contributed by atoms with Crippen molar-refractivity contribution >= 4 is 15.7 Å². The molecule has 0 bridgehead atoms. The van der Waals surface area contributed by atoms with Crippen molar-refractivity contribution in [3.8, 4) is 0 Å². The minimum atomic E-state index is -3.07. The number of H-pyrrole nitrogens is 1. The van der Waals surface area contributed by atoms with Crippen molar-refractivity contribution in [1.29, 1.82) is 0 Å². The lowest BCUT2D eigenvalue weighted by Crippen LogP contribution is -2.60. The van der Waals surface area contributed by atoms with E-state index in [0.717, 1.165) is 36.0 Å². The zero-order chi connectivity index (χ0) is 18.5. The second-order valence-corrected chi connectivity index (χ2v) is 10.3. The fourth-order valence-corrected chi connectivity index (χ4v) is 6.35. The predicted molar refractivity (Wildman–Crippen MR) is 98.6 cm³/mol. The zero-order valence-electron chi connectivity index (χ0n) is 15.6. The van der Waals surface area contributed by atoms with Gasteiger partial charge in [-0.2, -0.15) is 5.10 Å². The fourth-order valence-electron chi connectivity index (χ4n) is 4.34. The molecule has 8 heteroatoms. The number of rotatable bonds is 5. The van der Waals surface area contributed by atoms with Gasteiger partial charge >= 0.3 is 0 Å². The highest BCUT2D eigenvalue weighted by molar-refractivity contribution is 7.91. The topological polar surface area (TPSA) is 86.4 Å². The van der Waals surface area contributed by atoms with Crippen molar-refractivity contribution in [2.75, 3.05) is 31.1 Å². The number of hydrogen-bond acceptors (Lipinski definition) is 5. The number of piperazine rings is 1. The van der Waals surface area contributed by atoms with Crippen LogP contribution in [-0.4, -0.2) is 77.5 Å². The van der Waals surface area contributed by atoms with Gasteiger partial charge in [0, 0.05) is 44.2 Å². The summed E-state index contributed by atoms with van der Waals surface area (Å²) in [7, 11) is -3.07. The first-order valence-electron chi connectivity index (χ1n) is 9.58. The van der Waals surface area contributed by atoms with Crippen LogP contribution in [0.15, 0.2) is 0 Å². The van der Waals surface area contributed by atoms with Gasteiger partial charge < -0.3 is 4.90 Å². The van der Waals surface area contributed by atoms with Crippen molar-refractivity contribution in [3.05, 3.63) is 17.0 Å². The number of aryl methyl sites for hydroxylation is 2. The van der Waals surface area contributed by atoms with Crippen LogP contribution < -0.4 is 0 Å². The molecule has 0 unspecified atom stereocenters. The standard InChI is InChI=1S/C18H28N4O3S/c1-12-13(2)19-20-15(12)5-6-18(23)22-8-7-21(9-14-3-4-14)16-10-26(24,25)11-17(16)22/h14,16-17H,3-11H2,1-2H3,(H,19,20)/t16-,17+/m1/s1. The molecule has 7 nitrogen and oxygen atoms in total. The second-order valence-electron chi connectivity index (χ2n) is 8.16. The van der Waals surface area contributed by atoms with E-state index in [-0.39, 0.29) is 29.5 Å². The van der Waals surface area contributed by atoms with Crippen molar-refractivity contribution in [2.45, 2.75) is 51.6 Å². The Morgan fingerprint density at radius 2 is 1.92 bits per heavy atom. The van der Waals surface area contributed by atoms with Crippen molar-refractivity contribution in [3.63, 3.8) is 0 Å². The maximum absolute atomic E-state index is 12.9. The van der Waals surface area contributed by atoms with Crippen LogP contribution in [0.2, 0.25) is 0 Å². The molecule has 3 heterocycles. The van der Waals surface area contributed by atoms with Gasteiger partial charge in [0.1, 0.15) is 0 Å². The SMILES string of the molecule is Cc1[nH]nc(CCC(=O)N2CCN(CC3CC3)[C@@H]3CS(=O)(=O)C[C@@H]32)c1C. The summed E-state index contributed by atoms with van der Waals surface area (Å²) in [6, 6.07) is -0.199. The monoisotopic (exact) mass is 380 g/mol. The van der Waals surface area contributed by atoms with Gasteiger partial charge in [-0.15, -0.1) is 0 Å². The summed E-state index contributed by atoms with van der Waals surface area (Å²) in [6.07, 6.45) is 3.50. The molecule has 1 aromatic rings. The molecule has 1 amide bonds. The van der Waals surface area contributed by atoms with Crippen LogP contribution >= 0.6 is 0 Å². The largest absolute Gasteiger partial charge is 0.336 e. The van der Waals surface area contributed by atoms with Crippen LogP contribution in [0, 0.1) is 19.8 Å². The number of nitrogens with zero attached hydrogens (tertiary/aromatic N) is 3. The Kier molecular flexibility index (Phi) is 4.59. The van der Waals surface area contributed by atoms with Crippen LogP contribution in [0.5, 0.6) is 0 Å². The zero-order valence-corrected chi connectivity index (χ0v) is 16.4. The van der Waals surface area contributed by atoms with E-state index in [2.05, 4.69) is 15.1 Å². The van der Waals surface area contributed by atoms with E-state index in [0.29, 0.717) is 19.4 Å². The van der Waals surface area contributed by atoms with E-state index >= 15 is 0 Å². The number of carbonyl (C=O) groups excluding carboxylic acids is 1. The Morgan fingerprint density at radius 1 is 1.19 bits per heavy atom. The molecule has 4 rings (SSSR count). The molecule has 1 aliphatic carbocycles. The molecule has 1 aromatic heterocycles. The fraction of sp³-hybridized carbons (Fsp3) is 0.778. The molecule has 26 heavy (non-hydrogen) atoms. The summed E-state index contributed by atoms with van der Waals surface area (Å²) in [5.41, 5.74) is 3.07. The number of amides is 1. The molecule has 3 fully saturated rings. The summed E-state index contributed by atoms with van der Waals surface area (Å²) in [5, 5.41) is 7.23. The van der Waals surface area contributed by atoms with Crippen LogP contribution in [0.4, 0.5) is 0 Å². The second kappa shape index (κ2) is 6.64. The summed E-state index contributed by atoms with van der Waals surface area (Å²) < 4.78 is 24.5. The highest BCUT2D eigenvalue weighted by Gasteiger charge is 2.48. The first-order chi connectivity index (χ1) is 12.3. The molecule has 0 radical (unpaired) electrons. The summed E-state index contributed by atoms with van der Waals surface area (Å²) in [4.78, 5) is 17.0. The molecule has 0 spiro atoms. The lowest BCUT2D eigenvalue weighted by molar-refractivity contribution is -0.137. The van der Waals surface area contributed by atoms with E-state index < -0.39 is 9.84 Å². The van der Waals surface area contributed by atoms with Gasteiger partial charge in [-0.05, 0) is 38.2 Å². The smallest absolute Gasteiger partial charge is 0.223 e. The van der Waals surface area contributed by atoms with Crippen molar-refractivity contribution in [2.24, 2.45) is 5.92 Å². The molecule has 0 aromatic carbocycles. The average molecular weight is 381 g/mol. The number of aromatic amines is 1. The third-order valence-corrected chi connectivity index (χ3v) is 7.93. The highest BCUT2D eigenvalue weighted by atomic mass is 32.2. The molecule has 2 aliphatic heterocycles. The lowest BCUT2D eigenvalue weighted by Gasteiger charge is -2.44. The van der Waals surface area contributed by atoms with E-state index in [9.17, 15) is 13.2 Å². The van der Waals surface area contributed by atoms with Crippen LogP contribution in [-0.2, 0) is 21.1 Å². The summed E-state index contributed by atoms with van der Waals surface area (Å²) in [5.74, 6) is 1.10. The van der Waals surface area contributed by atoms with Gasteiger partial charge in [0.2, 0.25) is 5.91 Å². The Hall–Kier alpha value is -1.41. The number of hydrogen-bond donors (Lipinski definition) is 1. The third-order valence-electron chi connectivity index (χ3n) is 6.23. The molecule has 144 valence electrons. The van der Waals surface area contributed by atoms with Crippen LogP contribution in [0.25, 0.3) is 0 Å². The van der Waals surface area contributed by atoms with Gasteiger partial charge in [-0.25, -0.2) is 8.42 Å². The van der Waals surface area contributed by atoms with E-state index in [4.69, 9.17) is 0 Å². The molecular formula is C18H28N4O3S. The van der Waals surface area contributed by atoms with E-state index in [1.165, 1.54) is 12.8 Å². The lowest BCUT2D eigenvalue weighted by atomic mass is 10.0. The van der Waals surface area contributed by atoms with Gasteiger partial charge in [-0.3, -0.25) is 14.8 Å². The predicted octanol–water partition coefficient (Wildman–Crippen LogP) is 0.679. The average Bonchev–Trinajstić information content (AvgIpc) is 3.26. The molecule has 1 saturated carbocycles. The first-order valence-corrected chi connectivity index (χ1v) is 11.4. The Balaban J connectivity index is 1.44. The number of fused-ring (bicyclic) bond motifs is 1. The number of carbonyl (C=O) groups is 1. The van der Waals surface area contributed by atoms with Crippen LogP contribution in [0.1, 0.15) is 36.2 Å². The molecular weight excluding hydrogens is 352 g/mol. The maximum atomic E-state index is 12.9. The van der Waals surface area contributed by atoms with Gasteiger partial charge in [0.05, 0.1) is 23.2 Å². The van der Waals surface area contributed by atoms with Gasteiger partial charge in [0.25, 0.3) is 0 Å². The quantitative estimate of drug-likeness (QED) is 0.812. The summed E-state index contributed by atoms with van der Waals surface area (Å²) >= 11 is 0. The molecule has 2 saturated heterocycles. The Bertz CT molecular complexity index is 799. The Labute approximate surface area is 155 Å². The number of aromatic nitrogens is 2. The van der Waals surface area contributed by atoms with E-state index in [1.807, 2.05) is 18.7 Å². The molecule has 2 atom stereocenters. The summed E-state index contributed by atoms with van der Waals surface area (Å²) in [6.45, 7) is 6.40. The Morgan fingerprint density at radius 3 is 2.58 bits per heavy atom. The van der Waals surface area contributed by atoms with Crippen LogP contribution in [0.3, 0.4) is 0 Å². The van der Waals surface area contributed by atoms with Crippen molar-refractivity contribution < 1.29 is 13.2 Å². The number of sulfone groups is 1. The molecule has 1 N–H and O–H groups in total. The van der Waals surface area contributed by atoms with Crippen molar-refractivity contribution in [1.82, 2.24) is 20.0 Å².